The minimum Gasteiger partial charge on any atom is -0.382 e. The maximum Gasteiger partial charge on any atom is 0.244 e. The molecule has 0 fully saturated rings. The molecule has 0 aliphatic carbocycles. The van der Waals surface area contributed by atoms with Crippen LogP contribution in [0.3, 0.4) is 0 Å². The molecule has 0 aromatic carbocycles. The molecule has 6 heteroatoms. The van der Waals surface area contributed by atoms with Crippen LogP contribution in [0.5, 0.6) is 0 Å². The summed E-state index contributed by atoms with van der Waals surface area (Å²) < 4.78 is 15.4. The van der Waals surface area contributed by atoms with Crippen molar-refractivity contribution in [3.63, 3.8) is 0 Å². The molecule has 0 spiro atoms. The number of ether oxygens (including phenoxy) is 2. The second kappa shape index (κ2) is 6.82. The van der Waals surface area contributed by atoms with Crippen LogP contribution in [0.15, 0.2) is 4.52 Å². The van der Waals surface area contributed by atoms with Gasteiger partial charge in [-0.2, -0.15) is 4.98 Å². The Kier molecular flexibility index (Phi) is 5.71. The molecule has 1 aromatic heterocycles. The summed E-state index contributed by atoms with van der Waals surface area (Å²) in [4.78, 5) is 4.28. The van der Waals surface area contributed by atoms with E-state index in [1.807, 2.05) is 20.8 Å². The summed E-state index contributed by atoms with van der Waals surface area (Å²) in [7, 11) is 1.64. The van der Waals surface area contributed by atoms with Gasteiger partial charge in [0.1, 0.15) is 0 Å². The summed E-state index contributed by atoms with van der Waals surface area (Å²) in [5.74, 6) is 1.11. The van der Waals surface area contributed by atoms with Crippen LogP contribution < -0.4 is 5.73 Å². The molecule has 0 aliphatic rings. The molecular weight excluding hydrogens is 234 g/mol. The van der Waals surface area contributed by atoms with Gasteiger partial charge < -0.3 is 19.7 Å². The minimum atomic E-state index is -0.256. The Labute approximate surface area is 108 Å². The zero-order chi connectivity index (χ0) is 13.6. The molecule has 6 nitrogen and oxygen atoms in total. The molecule has 1 atom stereocenters. The number of hydrogen-bond acceptors (Lipinski definition) is 6. The van der Waals surface area contributed by atoms with Crippen LogP contribution in [0.2, 0.25) is 0 Å². The van der Waals surface area contributed by atoms with Gasteiger partial charge in [-0.15, -0.1) is 0 Å². The lowest BCUT2D eigenvalue weighted by atomic mass is 9.87. The first kappa shape index (κ1) is 15.1. The molecule has 0 aliphatic heterocycles. The van der Waals surface area contributed by atoms with Crippen molar-refractivity contribution >= 4 is 0 Å². The minimum absolute atomic E-state index is 0.0984. The van der Waals surface area contributed by atoms with Crippen molar-refractivity contribution in [2.24, 2.45) is 11.1 Å². The normalized spacial score (nSPS) is 13.8. The lowest BCUT2D eigenvalue weighted by Gasteiger charge is -2.23. The van der Waals surface area contributed by atoms with Crippen LogP contribution in [0.4, 0.5) is 0 Å². The van der Waals surface area contributed by atoms with Crippen molar-refractivity contribution in [1.82, 2.24) is 10.1 Å². The zero-order valence-corrected chi connectivity index (χ0v) is 11.6. The molecule has 0 unspecified atom stereocenters. The molecule has 1 rings (SSSR count). The van der Waals surface area contributed by atoms with Crippen molar-refractivity contribution in [1.29, 1.82) is 0 Å². The Hall–Kier alpha value is -0.980. The molecule has 1 heterocycles. The van der Waals surface area contributed by atoms with E-state index in [2.05, 4.69) is 10.1 Å². The van der Waals surface area contributed by atoms with E-state index in [0.29, 0.717) is 38.0 Å². The number of hydrogen-bond donors (Lipinski definition) is 1. The van der Waals surface area contributed by atoms with Gasteiger partial charge >= 0.3 is 0 Å². The Bertz CT molecular complexity index is 347. The third-order valence-corrected chi connectivity index (χ3v) is 2.58. The summed E-state index contributed by atoms with van der Waals surface area (Å²) in [6.07, 6.45) is 0.615. The van der Waals surface area contributed by atoms with E-state index in [-0.39, 0.29) is 11.5 Å². The van der Waals surface area contributed by atoms with E-state index in [0.717, 1.165) is 0 Å². The smallest absolute Gasteiger partial charge is 0.244 e. The fourth-order valence-corrected chi connectivity index (χ4v) is 1.27. The lowest BCUT2D eigenvalue weighted by Crippen LogP contribution is -2.26. The van der Waals surface area contributed by atoms with Crippen molar-refractivity contribution in [3.8, 4) is 0 Å². The number of rotatable bonds is 7. The molecular formula is C12H23N3O3. The van der Waals surface area contributed by atoms with Gasteiger partial charge in [0.05, 0.1) is 25.9 Å². The largest absolute Gasteiger partial charge is 0.382 e. The SMILES string of the molecule is COCCOCCc1noc([C@H](N)C(C)(C)C)n1. The first-order valence-corrected chi connectivity index (χ1v) is 6.10. The van der Waals surface area contributed by atoms with Crippen LogP contribution in [-0.4, -0.2) is 37.1 Å². The third kappa shape index (κ3) is 4.72. The number of nitrogens with zero attached hydrogens (tertiary/aromatic N) is 2. The highest BCUT2D eigenvalue weighted by atomic mass is 16.5. The van der Waals surface area contributed by atoms with Gasteiger partial charge in [0.15, 0.2) is 5.82 Å². The Morgan fingerprint density at radius 2 is 2.00 bits per heavy atom. The van der Waals surface area contributed by atoms with Gasteiger partial charge in [0.2, 0.25) is 5.89 Å². The highest BCUT2D eigenvalue weighted by Gasteiger charge is 2.27. The van der Waals surface area contributed by atoms with Gasteiger partial charge in [-0.25, -0.2) is 0 Å². The van der Waals surface area contributed by atoms with Gasteiger partial charge in [0.25, 0.3) is 0 Å². The number of aromatic nitrogens is 2. The second-order valence-corrected chi connectivity index (χ2v) is 5.25. The second-order valence-electron chi connectivity index (χ2n) is 5.25. The standard InChI is InChI=1S/C12H23N3O3/c1-12(2,3)10(13)11-14-9(15-18-11)5-6-17-8-7-16-4/h10H,5-8,13H2,1-4H3/t10-/m0/s1. The average Bonchev–Trinajstić information content (AvgIpc) is 2.75. The van der Waals surface area contributed by atoms with Gasteiger partial charge in [-0.05, 0) is 5.41 Å². The number of methoxy groups -OCH3 is 1. The van der Waals surface area contributed by atoms with Gasteiger partial charge in [0, 0.05) is 13.5 Å². The van der Waals surface area contributed by atoms with Crippen LogP contribution in [-0.2, 0) is 15.9 Å². The van der Waals surface area contributed by atoms with Crippen molar-refractivity contribution < 1.29 is 14.0 Å². The summed E-state index contributed by atoms with van der Waals surface area (Å²) in [5.41, 5.74) is 5.94. The Morgan fingerprint density at radius 1 is 1.28 bits per heavy atom. The summed E-state index contributed by atoms with van der Waals surface area (Å²) in [6.45, 7) is 7.82. The predicted octanol–water partition coefficient (Wildman–Crippen LogP) is 1.32. The summed E-state index contributed by atoms with van der Waals surface area (Å²) >= 11 is 0. The average molecular weight is 257 g/mol. The zero-order valence-electron chi connectivity index (χ0n) is 11.6. The molecule has 104 valence electrons. The van der Waals surface area contributed by atoms with Crippen molar-refractivity contribution in [3.05, 3.63) is 11.7 Å². The summed E-state index contributed by atoms with van der Waals surface area (Å²) in [5, 5.41) is 3.89. The molecule has 1 aromatic rings. The quantitative estimate of drug-likeness (QED) is 0.742. The highest BCUT2D eigenvalue weighted by molar-refractivity contribution is 4.96. The highest BCUT2D eigenvalue weighted by Crippen LogP contribution is 2.29. The Balaban J connectivity index is 2.39. The predicted molar refractivity (Wildman–Crippen MR) is 67.1 cm³/mol. The molecule has 0 bridgehead atoms. The maximum atomic E-state index is 6.04. The van der Waals surface area contributed by atoms with Crippen molar-refractivity contribution in [2.45, 2.75) is 33.2 Å². The van der Waals surface area contributed by atoms with Crippen LogP contribution in [0.25, 0.3) is 0 Å². The van der Waals surface area contributed by atoms with E-state index >= 15 is 0 Å². The monoisotopic (exact) mass is 257 g/mol. The van der Waals surface area contributed by atoms with E-state index in [1.165, 1.54) is 0 Å². The van der Waals surface area contributed by atoms with Crippen LogP contribution in [0, 0.1) is 5.41 Å². The van der Waals surface area contributed by atoms with Crippen molar-refractivity contribution in [2.75, 3.05) is 26.9 Å². The van der Waals surface area contributed by atoms with Gasteiger partial charge in [-0.1, -0.05) is 25.9 Å². The number of nitrogens with two attached hydrogens (primary N) is 1. The van der Waals surface area contributed by atoms with E-state index < -0.39 is 0 Å². The molecule has 2 N–H and O–H groups in total. The lowest BCUT2D eigenvalue weighted by molar-refractivity contribution is 0.0714. The first-order valence-electron chi connectivity index (χ1n) is 6.10. The molecule has 18 heavy (non-hydrogen) atoms. The van der Waals surface area contributed by atoms with E-state index in [9.17, 15) is 0 Å². The summed E-state index contributed by atoms with van der Waals surface area (Å²) in [6, 6.07) is -0.256. The first-order chi connectivity index (χ1) is 8.45. The van der Waals surface area contributed by atoms with Crippen LogP contribution >= 0.6 is 0 Å². The molecule has 0 amide bonds. The van der Waals surface area contributed by atoms with Gasteiger partial charge in [-0.3, -0.25) is 0 Å². The maximum absolute atomic E-state index is 6.04. The molecule has 0 saturated heterocycles. The molecule has 0 radical (unpaired) electrons. The topological polar surface area (TPSA) is 83.4 Å². The fraction of sp³-hybridized carbons (Fsp3) is 0.833. The van der Waals surface area contributed by atoms with E-state index in [1.54, 1.807) is 7.11 Å². The Morgan fingerprint density at radius 3 is 2.61 bits per heavy atom. The third-order valence-electron chi connectivity index (χ3n) is 2.58. The van der Waals surface area contributed by atoms with Crippen LogP contribution in [0.1, 0.15) is 38.5 Å². The molecule has 0 saturated carbocycles. The van der Waals surface area contributed by atoms with E-state index in [4.69, 9.17) is 19.7 Å². The fourth-order valence-electron chi connectivity index (χ4n) is 1.27.